The molecule has 5 nitrogen and oxygen atoms in total. The topological polar surface area (TPSA) is 43.4 Å². The lowest BCUT2D eigenvalue weighted by molar-refractivity contribution is 0.240. The van der Waals surface area contributed by atoms with Gasteiger partial charge in [-0.05, 0) is 55.0 Å². The lowest BCUT2D eigenvalue weighted by Gasteiger charge is -2.17. The van der Waals surface area contributed by atoms with Crippen LogP contribution >= 0.6 is 12.2 Å². The van der Waals surface area contributed by atoms with Gasteiger partial charge in [0.25, 0.3) is 4.84 Å². The summed E-state index contributed by atoms with van der Waals surface area (Å²) in [6.07, 6.45) is 0.599. The molecule has 0 atom stereocenters. The Bertz CT molecular complexity index is 915. The summed E-state index contributed by atoms with van der Waals surface area (Å²) in [5.41, 5.74) is 3.68. The summed E-state index contributed by atoms with van der Waals surface area (Å²) in [6.45, 7) is 3.53. The number of hydrogen-bond acceptors (Lipinski definition) is 5. The summed E-state index contributed by atoms with van der Waals surface area (Å²) in [5, 5.41) is 4.52. The van der Waals surface area contributed by atoms with Crippen LogP contribution < -0.4 is 4.74 Å². The number of rotatable bonds is 7. The van der Waals surface area contributed by atoms with Crippen molar-refractivity contribution in [3.8, 4) is 5.75 Å². The van der Waals surface area contributed by atoms with E-state index in [1.54, 1.807) is 11.8 Å². The third-order valence-electron chi connectivity index (χ3n) is 4.24. The molecule has 0 spiro atoms. The van der Waals surface area contributed by atoms with Crippen molar-refractivity contribution in [1.82, 2.24) is 14.7 Å². The van der Waals surface area contributed by atoms with E-state index in [1.807, 2.05) is 31.3 Å². The SMILES string of the molecule is COc1ccc(Cc2nn(CN(C)Cc3ccccc3C)c(=S)o2)cc1. The largest absolute Gasteiger partial charge is 0.497 e. The number of nitrogens with zero attached hydrogens (tertiary/aromatic N) is 3. The Morgan fingerprint density at radius 3 is 2.58 bits per heavy atom. The van der Waals surface area contributed by atoms with Gasteiger partial charge in [0.15, 0.2) is 0 Å². The molecule has 0 aliphatic rings. The molecule has 0 fully saturated rings. The maximum atomic E-state index is 5.66. The van der Waals surface area contributed by atoms with Crippen molar-refractivity contribution in [3.05, 3.63) is 75.9 Å². The van der Waals surface area contributed by atoms with Crippen molar-refractivity contribution >= 4 is 12.2 Å². The minimum atomic E-state index is 0.394. The minimum absolute atomic E-state index is 0.394. The zero-order valence-electron chi connectivity index (χ0n) is 15.3. The first-order valence-corrected chi connectivity index (χ1v) is 8.89. The van der Waals surface area contributed by atoms with Crippen LogP contribution in [0.15, 0.2) is 52.9 Å². The molecule has 2 aromatic carbocycles. The van der Waals surface area contributed by atoms with Crippen LogP contribution in [0.25, 0.3) is 0 Å². The molecule has 0 unspecified atom stereocenters. The third kappa shape index (κ3) is 4.59. The maximum absolute atomic E-state index is 5.66. The molecule has 0 bridgehead atoms. The van der Waals surface area contributed by atoms with Crippen LogP contribution in [0.4, 0.5) is 0 Å². The predicted molar refractivity (Wildman–Crippen MR) is 104 cm³/mol. The number of aryl methyl sites for hydroxylation is 1. The molecule has 0 amide bonds. The van der Waals surface area contributed by atoms with E-state index in [2.05, 4.69) is 41.2 Å². The first kappa shape index (κ1) is 18.4. The van der Waals surface area contributed by atoms with Crippen LogP contribution in [0.2, 0.25) is 0 Å². The molecule has 0 saturated carbocycles. The molecule has 3 rings (SSSR count). The van der Waals surface area contributed by atoms with Gasteiger partial charge in [-0.1, -0.05) is 36.4 Å². The van der Waals surface area contributed by atoms with Gasteiger partial charge in [-0.2, -0.15) is 0 Å². The highest BCUT2D eigenvalue weighted by molar-refractivity contribution is 7.71. The summed E-state index contributed by atoms with van der Waals surface area (Å²) in [6, 6.07) is 16.2. The predicted octanol–water partition coefficient (Wildman–Crippen LogP) is 4.20. The van der Waals surface area contributed by atoms with Crippen molar-refractivity contribution in [3.63, 3.8) is 0 Å². The second kappa shape index (κ2) is 8.29. The van der Waals surface area contributed by atoms with Crippen molar-refractivity contribution in [2.45, 2.75) is 26.6 Å². The van der Waals surface area contributed by atoms with E-state index in [4.69, 9.17) is 21.4 Å². The highest BCUT2D eigenvalue weighted by Crippen LogP contribution is 2.15. The Kier molecular flexibility index (Phi) is 5.85. The van der Waals surface area contributed by atoms with Crippen molar-refractivity contribution in [2.75, 3.05) is 14.2 Å². The van der Waals surface area contributed by atoms with E-state index in [9.17, 15) is 0 Å². The Morgan fingerprint density at radius 2 is 1.88 bits per heavy atom. The zero-order valence-corrected chi connectivity index (χ0v) is 16.1. The van der Waals surface area contributed by atoms with Crippen molar-refractivity contribution in [1.29, 1.82) is 0 Å². The lowest BCUT2D eigenvalue weighted by atomic mass is 10.1. The van der Waals surface area contributed by atoms with E-state index < -0.39 is 0 Å². The molecule has 6 heteroatoms. The average Bonchev–Trinajstić information content (AvgIpc) is 2.96. The molecule has 26 heavy (non-hydrogen) atoms. The number of aromatic nitrogens is 2. The van der Waals surface area contributed by atoms with E-state index in [0.29, 0.717) is 23.8 Å². The average molecular weight is 369 g/mol. The summed E-state index contributed by atoms with van der Waals surface area (Å²) in [4.78, 5) is 2.56. The fourth-order valence-electron chi connectivity index (χ4n) is 2.79. The summed E-state index contributed by atoms with van der Waals surface area (Å²) < 4.78 is 12.6. The molecule has 1 aromatic heterocycles. The van der Waals surface area contributed by atoms with Gasteiger partial charge in [-0.25, -0.2) is 4.68 Å². The molecule has 0 aliphatic carbocycles. The number of methoxy groups -OCH3 is 1. The molecule has 3 aromatic rings. The first-order valence-electron chi connectivity index (χ1n) is 8.48. The Labute approximate surface area is 158 Å². The molecule has 136 valence electrons. The molecular weight excluding hydrogens is 346 g/mol. The monoisotopic (exact) mass is 369 g/mol. The van der Waals surface area contributed by atoms with E-state index in [0.717, 1.165) is 17.9 Å². The van der Waals surface area contributed by atoms with Crippen LogP contribution in [-0.2, 0) is 19.6 Å². The quantitative estimate of drug-likeness (QED) is 0.584. The fourth-order valence-corrected chi connectivity index (χ4v) is 2.98. The molecule has 0 saturated heterocycles. The molecule has 0 N–H and O–H groups in total. The van der Waals surface area contributed by atoms with Crippen LogP contribution in [-0.4, -0.2) is 28.8 Å². The van der Waals surface area contributed by atoms with Crippen molar-refractivity contribution in [2.24, 2.45) is 0 Å². The van der Waals surface area contributed by atoms with Gasteiger partial charge in [0, 0.05) is 6.54 Å². The van der Waals surface area contributed by atoms with Gasteiger partial charge in [-0.3, -0.25) is 4.90 Å². The smallest absolute Gasteiger partial charge is 0.288 e. The molecule has 1 heterocycles. The van der Waals surface area contributed by atoms with E-state index >= 15 is 0 Å². The zero-order chi connectivity index (χ0) is 18.5. The number of ether oxygens (including phenoxy) is 1. The van der Waals surface area contributed by atoms with Crippen molar-refractivity contribution < 1.29 is 9.15 Å². The van der Waals surface area contributed by atoms with Gasteiger partial charge in [0.1, 0.15) is 5.75 Å². The number of benzene rings is 2. The Balaban J connectivity index is 1.65. The normalized spacial score (nSPS) is 11.1. The Hall–Kier alpha value is -2.44. The summed E-state index contributed by atoms with van der Waals surface area (Å²) in [7, 11) is 3.70. The van der Waals surface area contributed by atoms with Gasteiger partial charge in [0.2, 0.25) is 5.89 Å². The van der Waals surface area contributed by atoms with Gasteiger partial charge in [-0.15, -0.1) is 5.10 Å². The highest BCUT2D eigenvalue weighted by atomic mass is 32.1. The highest BCUT2D eigenvalue weighted by Gasteiger charge is 2.10. The van der Waals surface area contributed by atoms with Crippen LogP contribution in [0, 0.1) is 11.8 Å². The first-order chi connectivity index (χ1) is 12.5. The van der Waals surface area contributed by atoms with Gasteiger partial charge in [0.05, 0.1) is 20.2 Å². The van der Waals surface area contributed by atoms with Crippen LogP contribution in [0.3, 0.4) is 0 Å². The van der Waals surface area contributed by atoms with Gasteiger partial charge >= 0.3 is 0 Å². The summed E-state index contributed by atoms with van der Waals surface area (Å²) >= 11 is 5.32. The maximum Gasteiger partial charge on any atom is 0.288 e. The summed E-state index contributed by atoms with van der Waals surface area (Å²) in [5.74, 6) is 1.45. The third-order valence-corrected chi connectivity index (χ3v) is 4.53. The molecular formula is C20H23N3O2S. The van der Waals surface area contributed by atoms with E-state index in [-0.39, 0.29) is 0 Å². The second-order valence-electron chi connectivity index (χ2n) is 6.37. The second-order valence-corrected chi connectivity index (χ2v) is 6.72. The fraction of sp³-hybridized carbons (Fsp3) is 0.300. The minimum Gasteiger partial charge on any atom is -0.497 e. The van der Waals surface area contributed by atoms with Crippen LogP contribution in [0.5, 0.6) is 5.75 Å². The van der Waals surface area contributed by atoms with Crippen LogP contribution in [0.1, 0.15) is 22.6 Å². The molecule has 0 radical (unpaired) electrons. The standard InChI is InChI=1S/C20H23N3O2S/c1-15-6-4-5-7-17(15)13-22(2)14-23-20(26)25-19(21-23)12-16-8-10-18(24-3)11-9-16/h4-11H,12-14H2,1-3H3. The van der Waals surface area contributed by atoms with Gasteiger partial charge < -0.3 is 9.15 Å². The lowest BCUT2D eigenvalue weighted by Crippen LogP contribution is -2.23. The molecule has 0 aliphatic heterocycles. The van der Waals surface area contributed by atoms with E-state index in [1.165, 1.54) is 11.1 Å². The number of hydrogen-bond donors (Lipinski definition) is 0. The Morgan fingerprint density at radius 1 is 1.15 bits per heavy atom.